The van der Waals surface area contributed by atoms with E-state index in [2.05, 4.69) is 0 Å². The van der Waals surface area contributed by atoms with E-state index in [1.165, 1.54) is 31.4 Å². The zero-order valence-electron chi connectivity index (χ0n) is 10.9. The van der Waals surface area contributed by atoms with Crippen molar-refractivity contribution in [3.05, 3.63) is 35.1 Å². The Labute approximate surface area is 108 Å². The van der Waals surface area contributed by atoms with Crippen LogP contribution in [0.4, 0.5) is 4.39 Å². The molecule has 1 aromatic carbocycles. The van der Waals surface area contributed by atoms with Gasteiger partial charge in [0.2, 0.25) is 0 Å². The second kappa shape index (κ2) is 5.81. The molecule has 1 aliphatic carbocycles. The van der Waals surface area contributed by atoms with Crippen LogP contribution in [-0.2, 0) is 0 Å². The Morgan fingerprint density at radius 3 is 2.56 bits per heavy atom. The summed E-state index contributed by atoms with van der Waals surface area (Å²) in [6, 6.07) is 4.17. The van der Waals surface area contributed by atoms with Crippen LogP contribution in [0.15, 0.2) is 18.2 Å². The fourth-order valence-corrected chi connectivity index (χ4v) is 2.97. The predicted octanol–water partition coefficient (Wildman–Crippen LogP) is 3.08. The Bertz CT molecular complexity index is 401. The smallest absolute Gasteiger partial charge is 0.123 e. The molecule has 2 nitrogen and oxygen atoms in total. The van der Waals surface area contributed by atoms with Crippen LogP contribution < -0.4 is 5.73 Å². The molecule has 0 amide bonds. The van der Waals surface area contributed by atoms with E-state index >= 15 is 0 Å². The first kappa shape index (κ1) is 13.5. The van der Waals surface area contributed by atoms with Crippen LogP contribution in [0.25, 0.3) is 0 Å². The lowest BCUT2D eigenvalue weighted by atomic mass is 9.81. The molecule has 0 heterocycles. The van der Waals surface area contributed by atoms with E-state index in [0.29, 0.717) is 5.92 Å². The molecule has 1 saturated carbocycles. The maximum Gasteiger partial charge on any atom is 0.123 e. The van der Waals surface area contributed by atoms with Crippen molar-refractivity contribution in [1.82, 2.24) is 0 Å². The zero-order chi connectivity index (χ0) is 13.1. The average Bonchev–Trinajstić information content (AvgIpc) is 2.38. The van der Waals surface area contributed by atoms with Crippen LogP contribution in [0.5, 0.6) is 0 Å². The number of rotatable bonds is 3. The average molecular weight is 251 g/mol. The Morgan fingerprint density at radius 2 is 1.94 bits per heavy atom. The van der Waals surface area contributed by atoms with Gasteiger partial charge in [0, 0.05) is 0 Å². The molecule has 0 radical (unpaired) electrons. The first-order valence-corrected chi connectivity index (χ1v) is 6.79. The van der Waals surface area contributed by atoms with E-state index in [0.717, 1.165) is 24.0 Å². The normalized spacial score (nSPS) is 20.7. The molecule has 3 N–H and O–H groups in total. The van der Waals surface area contributed by atoms with E-state index in [9.17, 15) is 9.50 Å². The van der Waals surface area contributed by atoms with Gasteiger partial charge in [0.15, 0.2) is 0 Å². The first-order valence-electron chi connectivity index (χ1n) is 6.79. The summed E-state index contributed by atoms with van der Waals surface area (Å²) in [6.07, 6.45) is 5.20. The minimum absolute atomic E-state index is 0.254. The predicted molar refractivity (Wildman–Crippen MR) is 70.6 cm³/mol. The quantitative estimate of drug-likeness (QED) is 0.867. The van der Waals surface area contributed by atoms with Gasteiger partial charge in [-0.2, -0.15) is 0 Å². The zero-order valence-corrected chi connectivity index (χ0v) is 10.9. The van der Waals surface area contributed by atoms with Gasteiger partial charge in [-0.15, -0.1) is 0 Å². The van der Waals surface area contributed by atoms with Crippen LogP contribution >= 0.6 is 0 Å². The van der Waals surface area contributed by atoms with Gasteiger partial charge < -0.3 is 10.8 Å². The maximum atomic E-state index is 13.1. The molecule has 0 aromatic heterocycles. The summed E-state index contributed by atoms with van der Waals surface area (Å²) in [5.41, 5.74) is 7.82. The fourth-order valence-electron chi connectivity index (χ4n) is 2.97. The fraction of sp³-hybridized carbons (Fsp3) is 0.600. The van der Waals surface area contributed by atoms with Crippen LogP contribution in [0.1, 0.15) is 49.3 Å². The first-order chi connectivity index (χ1) is 8.59. The van der Waals surface area contributed by atoms with Crippen molar-refractivity contribution >= 4 is 0 Å². The number of aryl methyl sites for hydroxylation is 1. The summed E-state index contributed by atoms with van der Waals surface area (Å²) >= 11 is 0. The van der Waals surface area contributed by atoms with Crippen molar-refractivity contribution in [3.8, 4) is 0 Å². The van der Waals surface area contributed by atoms with Crippen molar-refractivity contribution in [2.24, 2.45) is 11.7 Å². The highest BCUT2D eigenvalue weighted by Crippen LogP contribution is 2.32. The lowest BCUT2D eigenvalue weighted by Crippen LogP contribution is -2.34. The molecule has 0 unspecified atom stereocenters. The third kappa shape index (κ3) is 2.90. The standard InChI is InChI=1S/C15H22FNO/c1-10-9-12(16)7-8-13(10)14(17)15(18)11-5-3-2-4-6-11/h7-9,11,14-15,18H,2-6,17H2,1H3/t14-,15+/m0/s1. The summed E-state index contributed by atoms with van der Waals surface area (Å²) in [4.78, 5) is 0. The molecule has 3 heteroatoms. The SMILES string of the molecule is Cc1cc(F)ccc1[C@H](N)[C@H](O)C1CCCCC1. The van der Waals surface area contributed by atoms with E-state index in [4.69, 9.17) is 5.73 Å². The Kier molecular flexibility index (Phi) is 4.36. The highest BCUT2D eigenvalue weighted by atomic mass is 19.1. The molecule has 1 aromatic rings. The lowest BCUT2D eigenvalue weighted by Gasteiger charge is -2.31. The Hall–Kier alpha value is -0.930. The van der Waals surface area contributed by atoms with Crippen molar-refractivity contribution in [3.63, 3.8) is 0 Å². The van der Waals surface area contributed by atoms with Gasteiger partial charge in [0.05, 0.1) is 12.1 Å². The monoisotopic (exact) mass is 251 g/mol. The van der Waals surface area contributed by atoms with Crippen LogP contribution in [0.2, 0.25) is 0 Å². The molecule has 0 bridgehead atoms. The minimum atomic E-state index is -0.519. The summed E-state index contributed by atoms with van der Waals surface area (Å²) < 4.78 is 13.1. The summed E-state index contributed by atoms with van der Waals surface area (Å²) in [5.74, 6) is 0.0359. The van der Waals surface area contributed by atoms with E-state index in [1.807, 2.05) is 6.92 Å². The number of halogens is 1. The van der Waals surface area contributed by atoms with Crippen molar-refractivity contribution < 1.29 is 9.50 Å². The van der Waals surface area contributed by atoms with Crippen LogP contribution in [0.3, 0.4) is 0 Å². The highest BCUT2D eigenvalue weighted by molar-refractivity contribution is 5.30. The number of aliphatic hydroxyl groups excluding tert-OH is 1. The molecule has 18 heavy (non-hydrogen) atoms. The largest absolute Gasteiger partial charge is 0.391 e. The molecule has 1 aliphatic rings. The van der Waals surface area contributed by atoms with Gasteiger partial charge >= 0.3 is 0 Å². The van der Waals surface area contributed by atoms with Gasteiger partial charge in [-0.05, 0) is 48.9 Å². The van der Waals surface area contributed by atoms with E-state index in [1.54, 1.807) is 6.07 Å². The molecule has 0 aliphatic heterocycles. The second-order valence-electron chi connectivity index (χ2n) is 5.42. The van der Waals surface area contributed by atoms with Gasteiger partial charge in [0.25, 0.3) is 0 Å². The van der Waals surface area contributed by atoms with Crippen molar-refractivity contribution in [2.45, 2.75) is 51.2 Å². The highest BCUT2D eigenvalue weighted by Gasteiger charge is 2.28. The minimum Gasteiger partial charge on any atom is -0.391 e. The van der Waals surface area contributed by atoms with E-state index in [-0.39, 0.29) is 5.82 Å². The van der Waals surface area contributed by atoms with Crippen LogP contribution in [-0.4, -0.2) is 11.2 Å². The number of hydrogen-bond donors (Lipinski definition) is 2. The van der Waals surface area contributed by atoms with Gasteiger partial charge in [0.1, 0.15) is 5.82 Å². The molecule has 2 rings (SSSR count). The third-order valence-corrected chi connectivity index (χ3v) is 4.09. The van der Waals surface area contributed by atoms with E-state index < -0.39 is 12.1 Å². The molecular formula is C15H22FNO. The summed E-state index contributed by atoms with van der Waals surface area (Å²) in [6.45, 7) is 1.84. The van der Waals surface area contributed by atoms with Gasteiger partial charge in [-0.3, -0.25) is 0 Å². The number of nitrogens with two attached hydrogens (primary N) is 1. The van der Waals surface area contributed by atoms with Crippen LogP contribution in [0, 0.1) is 18.7 Å². The Balaban J connectivity index is 2.11. The molecule has 0 spiro atoms. The lowest BCUT2D eigenvalue weighted by molar-refractivity contribution is 0.0616. The van der Waals surface area contributed by atoms with Gasteiger partial charge in [-0.25, -0.2) is 4.39 Å². The summed E-state index contributed by atoms with van der Waals surface area (Å²) in [5, 5.41) is 10.4. The number of hydrogen-bond acceptors (Lipinski definition) is 2. The maximum absolute atomic E-state index is 13.1. The third-order valence-electron chi connectivity index (χ3n) is 4.09. The molecule has 100 valence electrons. The van der Waals surface area contributed by atoms with Crippen molar-refractivity contribution in [1.29, 1.82) is 0 Å². The summed E-state index contributed by atoms with van der Waals surface area (Å²) in [7, 11) is 0. The topological polar surface area (TPSA) is 46.2 Å². The molecule has 2 atom stereocenters. The Morgan fingerprint density at radius 1 is 1.28 bits per heavy atom. The van der Waals surface area contributed by atoms with Gasteiger partial charge in [-0.1, -0.05) is 25.3 Å². The number of benzene rings is 1. The molecule has 1 fully saturated rings. The van der Waals surface area contributed by atoms with Crippen molar-refractivity contribution in [2.75, 3.05) is 0 Å². The number of aliphatic hydroxyl groups is 1. The molecule has 0 saturated heterocycles. The second-order valence-corrected chi connectivity index (χ2v) is 5.42. The molecular weight excluding hydrogens is 229 g/mol.